The second-order valence-corrected chi connectivity index (χ2v) is 8.25. The number of Topliss-reactive ketones (excluding diaryl/α,β-unsaturated/α-hetero) is 1. The second-order valence-electron chi connectivity index (χ2n) is 5.30. The number of rotatable bonds is 9. The van der Waals surface area contributed by atoms with Crippen LogP contribution in [0.5, 0.6) is 5.75 Å². The summed E-state index contributed by atoms with van der Waals surface area (Å²) in [5, 5.41) is 1.65. The number of nitrogens with one attached hydrogen (secondary N) is 1. The van der Waals surface area contributed by atoms with E-state index in [1.807, 2.05) is 0 Å². The summed E-state index contributed by atoms with van der Waals surface area (Å²) in [5.74, 6) is -0.391. The molecule has 1 N–H and O–H groups in total. The van der Waals surface area contributed by atoms with E-state index in [9.17, 15) is 18.0 Å². The minimum Gasteiger partial charge on any atom is -0.497 e. The Kier molecular flexibility index (Phi) is 6.90. The van der Waals surface area contributed by atoms with Gasteiger partial charge in [-0.2, -0.15) is 0 Å². The van der Waals surface area contributed by atoms with Gasteiger partial charge < -0.3 is 9.47 Å². The van der Waals surface area contributed by atoms with Crippen molar-refractivity contribution < 1.29 is 27.5 Å². The Balaban J connectivity index is 1.82. The lowest BCUT2D eigenvalue weighted by molar-refractivity contribution is -0.146. The number of carbonyl (C=O) groups excluding carboxylic acids is 2. The number of hydrogen-bond donors (Lipinski definition) is 1. The summed E-state index contributed by atoms with van der Waals surface area (Å²) in [7, 11) is -2.10. The summed E-state index contributed by atoms with van der Waals surface area (Å²) in [5.41, 5.74) is 0.393. The molecule has 0 saturated carbocycles. The molecule has 7 nitrogen and oxygen atoms in total. The first kappa shape index (κ1) is 20.1. The number of ether oxygens (including phenoxy) is 2. The van der Waals surface area contributed by atoms with Crippen molar-refractivity contribution in [1.29, 1.82) is 0 Å². The molecule has 0 aliphatic carbocycles. The van der Waals surface area contributed by atoms with E-state index in [-0.39, 0.29) is 23.0 Å². The Morgan fingerprint density at radius 1 is 1.19 bits per heavy atom. The van der Waals surface area contributed by atoms with E-state index < -0.39 is 22.1 Å². The van der Waals surface area contributed by atoms with E-state index >= 15 is 0 Å². The maximum Gasteiger partial charge on any atom is 0.307 e. The van der Waals surface area contributed by atoms with Crippen LogP contribution in [0, 0.1) is 0 Å². The summed E-state index contributed by atoms with van der Waals surface area (Å²) >= 11 is 1.08. The number of sulfonamides is 1. The molecule has 2 rings (SSSR count). The summed E-state index contributed by atoms with van der Waals surface area (Å²) in [6, 6.07) is 9.55. The van der Waals surface area contributed by atoms with Crippen LogP contribution in [-0.4, -0.2) is 39.9 Å². The number of carbonyl (C=O) groups is 2. The highest BCUT2D eigenvalue weighted by molar-refractivity contribution is 7.91. The Labute approximate surface area is 156 Å². The first-order chi connectivity index (χ1) is 12.3. The van der Waals surface area contributed by atoms with E-state index in [0.717, 1.165) is 11.3 Å². The van der Waals surface area contributed by atoms with E-state index in [1.165, 1.54) is 20.1 Å². The molecule has 1 aromatic carbocycles. The molecular formula is C17H19NO6S2. The lowest BCUT2D eigenvalue weighted by atomic mass is 10.1. The monoisotopic (exact) mass is 397 g/mol. The van der Waals surface area contributed by atoms with Crippen molar-refractivity contribution in [2.45, 2.75) is 23.7 Å². The maximum absolute atomic E-state index is 12.2. The van der Waals surface area contributed by atoms with Crippen LogP contribution in [0.3, 0.4) is 0 Å². The first-order valence-corrected chi connectivity index (χ1v) is 10.1. The van der Waals surface area contributed by atoms with Gasteiger partial charge in [-0.25, -0.2) is 13.1 Å². The van der Waals surface area contributed by atoms with Crippen LogP contribution in [0.4, 0.5) is 0 Å². The van der Waals surface area contributed by atoms with Gasteiger partial charge in [-0.15, -0.1) is 11.3 Å². The molecule has 0 unspecified atom stereocenters. The highest BCUT2D eigenvalue weighted by atomic mass is 32.2. The van der Waals surface area contributed by atoms with Gasteiger partial charge in [-0.1, -0.05) is 6.07 Å². The maximum atomic E-state index is 12.2. The summed E-state index contributed by atoms with van der Waals surface area (Å²) in [6.45, 7) is 1.36. The Hall–Kier alpha value is -2.23. The van der Waals surface area contributed by atoms with Crippen LogP contribution in [-0.2, 0) is 19.6 Å². The zero-order valence-corrected chi connectivity index (χ0v) is 15.9. The molecule has 1 heterocycles. The van der Waals surface area contributed by atoms with E-state index in [0.29, 0.717) is 11.3 Å². The second kappa shape index (κ2) is 8.93. The van der Waals surface area contributed by atoms with E-state index in [4.69, 9.17) is 9.47 Å². The Morgan fingerprint density at radius 3 is 2.46 bits per heavy atom. The van der Waals surface area contributed by atoms with Crippen LogP contribution >= 0.6 is 11.3 Å². The molecule has 140 valence electrons. The van der Waals surface area contributed by atoms with Crippen molar-refractivity contribution in [3.63, 3.8) is 0 Å². The molecule has 0 saturated heterocycles. The Morgan fingerprint density at radius 2 is 1.88 bits per heavy atom. The number of esters is 1. The molecule has 26 heavy (non-hydrogen) atoms. The van der Waals surface area contributed by atoms with Crippen molar-refractivity contribution in [2.24, 2.45) is 0 Å². The van der Waals surface area contributed by atoms with Crippen LogP contribution in [0.15, 0.2) is 46.0 Å². The Bertz CT molecular complexity index is 844. The fraction of sp³-hybridized carbons (Fsp3) is 0.294. The molecule has 9 heteroatoms. The first-order valence-electron chi connectivity index (χ1n) is 7.74. The van der Waals surface area contributed by atoms with Gasteiger partial charge in [0.2, 0.25) is 15.8 Å². The minimum atomic E-state index is -3.63. The lowest BCUT2D eigenvalue weighted by Crippen LogP contribution is -2.29. The molecule has 0 bridgehead atoms. The third-order valence-electron chi connectivity index (χ3n) is 3.43. The largest absolute Gasteiger partial charge is 0.497 e. The zero-order chi connectivity index (χ0) is 19.2. The number of hydrogen-bond acceptors (Lipinski definition) is 7. The van der Waals surface area contributed by atoms with Gasteiger partial charge in [-0.05, 0) is 42.6 Å². The van der Waals surface area contributed by atoms with Gasteiger partial charge in [0.15, 0.2) is 6.10 Å². The standard InChI is InChI=1S/C17H19NO6S2/c1-12(17(20)13-5-7-14(23-2)8-6-13)24-15(19)9-10-18-26(21,22)16-4-3-11-25-16/h3-8,11-12,18H,9-10H2,1-2H3/t12-/m0/s1. The molecule has 1 aromatic heterocycles. The molecule has 0 spiro atoms. The molecule has 2 aromatic rings. The van der Waals surface area contributed by atoms with Crippen LogP contribution in [0.25, 0.3) is 0 Å². The van der Waals surface area contributed by atoms with Gasteiger partial charge in [0.25, 0.3) is 0 Å². The summed E-state index contributed by atoms with van der Waals surface area (Å²) < 4.78 is 36.4. The number of ketones is 1. The minimum absolute atomic E-state index is 0.109. The van der Waals surface area contributed by atoms with Crippen LogP contribution in [0.1, 0.15) is 23.7 Å². The van der Waals surface area contributed by atoms with Crippen molar-refractivity contribution >= 4 is 33.1 Å². The summed E-state index contributed by atoms with van der Waals surface area (Å²) in [6.07, 6.45) is -1.14. The van der Waals surface area contributed by atoms with Crippen molar-refractivity contribution in [1.82, 2.24) is 4.72 Å². The molecule has 0 aliphatic rings. The average Bonchev–Trinajstić information content (AvgIpc) is 3.16. The van der Waals surface area contributed by atoms with Gasteiger partial charge >= 0.3 is 5.97 Å². The molecule has 0 fully saturated rings. The molecule has 0 radical (unpaired) electrons. The fourth-order valence-corrected chi connectivity index (χ4v) is 4.14. The SMILES string of the molecule is COc1ccc(C(=O)[C@H](C)OC(=O)CCNS(=O)(=O)c2cccs2)cc1. The molecule has 0 amide bonds. The van der Waals surface area contributed by atoms with E-state index in [2.05, 4.69) is 4.72 Å². The van der Waals surface area contributed by atoms with Crippen molar-refractivity contribution in [3.8, 4) is 5.75 Å². The third-order valence-corrected chi connectivity index (χ3v) is 6.29. The highest BCUT2D eigenvalue weighted by Gasteiger charge is 2.20. The van der Waals surface area contributed by atoms with E-state index in [1.54, 1.807) is 35.7 Å². The number of methoxy groups -OCH3 is 1. The summed E-state index contributed by atoms with van der Waals surface area (Å²) in [4.78, 5) is 24.1. The highest BCUT2D eigenvalue weighted by Crippen LogP contribution is 2.16. The number of benzene rings is 1. The van der Waals surface area contributed by atoms with Crippen molar-refractivity contribution in [3.05, 3.63) is 47.3 Å². The smallest absolute Gasteiger partial charge is 0.307 e. The van der Waals surface area contributed by atoms with Crippen LogP contribution < -0.4 is 9.46 Å². The fourth-order valence-electron chi connectivity index (χ4n) is 2.07. The zero-order valence-electron chi connectivity index (χ0n) is 14.3. The van der Waals surface area contributed by atoms with Gasteiger partial charge in [0.05, 0.1) is 13.5 Å². The topological polar surface area (TPSA) is 98.8 Å². The van der Waals surface area contributed by atoms with Gasteiger partial charge in [0.1, 0.15) is 9.96 Å². The average molecular weight is 397 g/mol. The van der Waals surface area contributed by atoms with Crippen molar-refractivity contribution in [2.75, 3.05) is 13.7 Å². The third kappa shape index (κ3) is 5.38. The molecular weight excluding hydrogens is 378 g/mol. The predicted molar refractivity (Wildman–Crippen MR) is 97.0 cm³/mol. The normalized spacial score (nSPS) is 12.4. The van der Waals surface area contributed by atoms with Crippen LogP contribution in [0.2, 0.25) is 0 Å². The quantitative estimate of drug-likeness (QED) is 0.515. The molecule has 0 aliphatic heterocycles. The lowest BCUT2D eigenvalue weighted by Gasteiger charge is -2.13. The molecule has 1 atom stereocenters. The van der Waals surface area contributed by atoms with Gasteiger partial charge in [0, 0.05) is 12.1 Å². The number of thiophene rings is 1. The predicted octanol–water partition coefficient (Wildman–Crippen LogP) is 2.24. The van der Waals surface area contributed by atoms with Gasteiger partial charge in [-0.3, -0.25) is 9.59 Å².